The number of hydrogen-bond acceptors (Lipinski definition) is 6. The van der Waals surface area contributed by atoms with Crippen LogP contribution in [0.1, 0.15) is 23.2 Å². The average Bonchev–Trinajstić information content (AvgIpc) is 3.36. The SMILES string of the molecule is COc1ccc(NC(=O)C2CCCN2C(=O)c2ccc3c(c2)OCO3)cc1N. The molecule has 0 radical (unpaired) electrons. The number of nitrogens with zero attached hydrogens (tertiary/aromatic N) is 1. The molecule has 0 aliphatic carbocycles. The number of amides is 2. The van der Waals surface area contributed by atoms with Gasteiger partial charge in [0.2, 0.25) is 12.7 Å². The minimum absolute atomic E-state index is 0.146. The number of carbonyl (C=O) groups is 2. The quantitative estimate of drug-likeness (QED) is 0.785. The van der Waals surface area contributed by atoms with Crippen molar-refractivity contribution < 1.29 is 23.8 Å². The summed E-state index contributed by atoms with van der Waals surface area (Å²) in [6.07, 6.45) is 1.37. The van der Waals surface area contributed by atoms with Crippen LogP contribution in [0.3, 0.4) is 0 Å². The van der Waals surface area contributed by atoms with Crippen molar-refractivity contribution in [3.8, 4) is 17.2 Å². The van der Waals surface area contributed by atoms with Gasteiger partial charge in [-0.1, -0.05) is 0 Å². The Bertz CT molecular complexity index is 930. The van der Waals surface area contributed by atoms with E-state index in [4.69, 9.17) is 19.9 Å². The highest BCUT2D eigenvalue weighted by molar-refractivity contribution is 6.02. The summed E-state index contributed by atoms with van der Waals surface area (Å²) in [5.41, 5.74) is 7.36. The Kier molecular flexibility index (Phi) is 4.68. The predicted molar refractivity (Wildman–Crippen MR) is 103 cm³/mol. The molecule has 3 N–H and O–H groups in total. The first kappa shape index (κ1) is 18.0. The van der Waals surface area contributed by atoms with Gasteiger partial charge in [-0.15, -0.1) is 0 Å². The molecule has 1 atom stereocenters. The van der Waals surface area contributed by atoms with Crippen LogP contribution in [0.15, 0.2) is 36.4 Å². The highest BCUT2D eigenvalue weighted by Crippen LogP contribution is 2.33. The molecule has 1 saturated heterocycles. The summed E-state index contributed by atoms with van der Waals surface area (Å²) in [5.74, 6) is 1.25. The fourth-order valence-electron chi connectivity index (χ4n) is 3.52. The van der Waals surface area contributed by atoms with Gasteiger partial charge in [0.25, 0.3) is 5.91 Å². The van der Waals surface area contributed by atoms with Crippen LogP contribution in [0, 0.1) is 0 Å². The Morgan fingerprint density at radius 3 is 2.79 bits per heavy atom. The molecular formula is C20H21N3O5. The molecule has 2 aromatic rings. The van der Waals surface area contributed by atoms with Gasteiger partial charge < -0.3 is 30.2 Å². The minimum atomic E-state index is -0.541. The number of fused-ring (bicyclic) bond motifs is 1. The number of benzene rings is 2. The predicted octanol–water partition coefficient (Wildman–Crippen LogP) is 2.25. The Morgan fingerprint density at radius 1 is 1.18 bits per heavy atom. The summed E-state index contributed by atoms with van der Waals surface area (Å²) in [7, 11) is 1.53. The van der Waals surface area contributed by atoms with Gasteiger partial charge >= 0.3 is 0 Å². The van der Waals surface area contributed by atoms with Gasteiger partial charge in [-0.05, 0) is 49.2 Å². The molecule has 2 aliphatic heterocycles. The summed E-state index contributed by atoms with van der Waals surface area (Å²) in [6, 6.07) is 9.55. The molecule has 28 heavy (non-hydrogen) atoms. The normalized spacial score (nSPS) is 17.5. The Hall–Kier alpha value is -3.42. The molecule has 0 spiro atoms. The zero-order valence-corrected chi connectivity index (χ0v) is 15.4. The maximum absolute atomic E-state index is 13.0. The molecule has 8 nitrogen and oxygen atoms in total. The van der Waals surface area contributed by atoms with E-state index in [1.807, 2.05) is 0 Å². The molecule has 146 valence electrons. The fraction of sp³-hybridized carbons (Fsp3) is 0.300. The molecular weight excluding hydrogens is 362 g/mol. The highest BCUT2D eigenvalue weighted by Gasteiger charge is 2.35. The van der Waals surface area contributed by atoms with Crippen LogP contribution in [0.2, 0.25) is 0 Å². The van der Waals surface area contributed by atoms with Gasteiger partial charge in [0.05, 0.1) is 12.8 Å². The van der Waals surface area contributed by atoms with Crippen molar-refractivity contribution in [3.05, 3.63) is 42.0 Å². The van der Waals surface area contributed by atoms with E-state index in [0.29, 0.717) is 47.2 Å². The number of nitrogen functional groups attached to an aromatic ring is 1. The number of rotatable bonds is 4. The highest BCUT2D eigenvalue weighted by atomic mass is 16.7. The average molecular weight is 383 g/mol. The molecule has 2 amide bonds. The number of likely N-dealkylation sites (tertiary alicyclic amines) is 1. The van der Waals surface area contributed by atoms with Crippen molar-refractivity contribution in [2.24, 2.45) is 0 Å². The topological polar surface area (TPSA) is 103 Å². The molecule has 8 heteroatoms. The maximum atomic E-state index is 13.0. The van der Waals surface area contributed by atoms with Crippen molar-refractivity contribution >= 4 is 23.2 Å². The number of hydrogen-bond donors (Lipinski definition) is 2. The summed E-state index contributed by atoms with van der Waals surface area (Å²) in [5, 5.41) is 2.84. The number of methoxy groups -OCH3 is 1. The first-order valence-electron chi connectivity index (χ1n) is 9.02. The lowest BCUT2D eigenvalue weighted by molar-refractivity contribution is -0.119. The summed E-state index contributed by atoms with van der Waals surface area (Å²) >= 11 is 0. The van der Waals surface area contributed by atoms with Gasteiger partial charge in [0, 0.05) is 17.8 Å². The van der Waals surface area contributed by atoms with Crippen LogP contribution in [-0.4, -0.2) is 43.2 Å². The van der Waals surface area contributed by atoms with Crippen LogP contribution in [-0.2, 0) is 4.79 Å². The van der Waals surface area contributed by atoms with Gasteiger partial charge in [0.1, 0.15) is 11.8 Å². The Morgan fingerprint density at radius 2 is 2.00 bits per heavy atom. The van der Waals surface area contributed by atoms with Gasteiger partial charge in [-0.25, -0.2) is 0 Å². The van der Waals surface area contributed by atoms with Gasteiger partial charge in [0.15, 0.2) is 11.5 Å². The van der Waals surface area contributed by atoms with Crippen molar-refractivity contribution in [3.63, 3.8) is 0 Å². The second-order valence-corrected chi connectivity index (χ2v) is 6.67. The van der Waals surface area contributed by atoms with E-state index < -0.39 is 6.04 Å². The van der Waals surface area contributed by atoms with Crippen molar-refractivity contribution in [1.29, 1.82) is 0 Å². The summed E-state index contributed by atoms with van der Waals surface area (Å²) in [6.45, 7) is 0.669. The largest absolute Gasteiger partial charge is 0.495 e. The maximum Gasteiger partial charge on any atom is 0.254 e. The number of carbonyl (C=O) groups excluding carboxylic acids is 2. The van der Waals surface area contributed by atoms with E-state index in [0.717, 1.165) is 6.42 Å². The van der Waals surface area contributed by atoms with E-state index in [9.17, 15) is 9.59 Å². The van der Waals surface area contributed by atoms with Crippen molar-refractivity contribution in [1.82, 2.24) is 4.90 Å². The lowest BCUT2D eigenvalue weighted by atomic mass is 10.1. The number of nitrogens with two attached hydrogens (primary N) is 1. The van der Waals surface area contributed by atoms with Crippen LogP contribution in [0.25, 0.3) is 0 Å². The molecule has 0 aromatic heterocycles. The molecule has 0 bridgehead atoms. The number of nitrogens with one attached hydrogen (secondary N) is 1. The number of anilines is 2. The van der Waals surface area contributed by atoms with Crippen molar-refractivity contribution in [2.45, 2.75) is 18.9 Å². The zero-order valence-electron chi connectivity index (χ0n) is 15.4. The van der Waals surface area contributed by atoms with Crippen LogP contribution < -0.4 is 25.3 Å². The Labute approximate surface area is 162 Å². The molecule has 4 rings (SSSR count). The van der Waals surface area contributed by atoms with E-state index in [1.165, 1.54) is 7.11 Å². The van der Waals surface area contributed by atoms with Gasteiger partial charge in [-0.2, -0.15) is 0 Å². The van der Waals surface area contributed by atoms with Crippen molar-refractivity contribution in [2.75, 3.05) is 31.5 Å². The zero-order chi connectivity index (χ0) is 19.7. The van der Waals surface area contributed by atoms with E-state index >= 15 is 0 Å². The Balaban J connectivity index is 1.49. The van der Waals surface area contributed by atoms with E-state index in [-0.39, 0.29) is 18.6 Å². The van der Waals surface area contributed by atoms with E-state index in [1.54, 1.807) is 41.3 Å². The first-order chi connectivity index (χ1) is 13.6. The van der Waals surface area contributed by atoms with Gasteiger partial charge in [-0.3, -0.25) is 9.59 Å². The third kappa shape index (κ3) is 3.28. The number of ether oxygens (including phenoxy) is 3. The summed E-state index contributed by atoms with van der Waals surface area (Å²) in [4.78, 5) is 27.4. The molecule has 1 fully saturated rings. The molecule has 2 heterocycles. The second kappa shape index (κ2) is 7.30. The second-order valence-electron chi connectivity index (χ2n) is 6.67. The third-order valence-corrected chi connectivity index (χ3v) is 4.93. The fourth-order valence-corrected chi connectivity index (χ4v) is 3.52. The van der Waals surface area contributed by atoms with Crippen LogP contribution in [0.4, 0.5) is 11.4 Å². The third-order valence-electron chi connectivity index (χ3n) is 4.93. The van der Waals surface area contributed by atoms with Crippen LogP contribution in [0.5, 0.6) is 17.2 Å². The molecule has 1 unspecified atom stereocenters. The summed E-state index contributed by atoms with van der Waals surface area (Å²) < 4.78 is 15.7. The first-order valence-corrected chi connectivity index (χ1v) is 9.02. The van der Waals surface area contributed by atoms with Crippen LogP contribution >= 0.6 is 0 Å². The monoisotopic (exact) mass is 383 g/mol. The van der Waals surface area contributed by atoms with E-state index in [2.05, 4.69) is 5.32 Å². The lowest BCUT2D eigenvalue weighted by Gasteiger charge is -2.24. The minimum Gasteiger partial charge on any atom is -0.495 e. The lowest BCUT2D eigenvalue weighted by Crippen LogP contribution is -2.43. The molecule has 0 saturated carbocycles. The molecule has 2 aromatic carbocycles. The molecule has 2 aliphatic rings. The standard InChI is InChI=1S/C20H21N3O5/c1-26-16-7-5-13(10-14(16)21)22-19(24)15-3-2-8-23(15)20(25)12-4-6-17-18(9-12)28-11-27-17/h4-7,9-10,15H,2-3,8,11,21H2,1H3,(H,22,24). The smallest absolute Gasteiger partial charge is 0.254 e.